The summed E-state index contributed by atoms with van der Waals surface area (Å²) in [5, 5.41) is 4.42. The van der Waals surface area contributed by atoms with Crippen molar-refractivity contribution in [2.45, 2.75) is 38.8 Å². The van der Waals surface area contributed by atoms with Gasteiger partial charge in [-0.2, -0.15) is 13.2 Å². The number of thiophene rings is 1. The van der Waals surface area contributed by atoms with E-state index in [4.69, 9.17) is 0 Å². The van der Waals surface area contributed by atoms with E-state index >= 15 is 0 Å². The number of amides is 1. The molecule has 1 N–H and O–H groups in total. The summed E-state index contributed by atoms with van der Waals surface area (Å²) in [7, 11) is 0. The van der Waals surface area contributed by atoms with E-state index < -0.39 is 11.7 Å². The van der Waals surface area contributed by atoms with Crippen LogP contribution in [0.3, 0.4) is 0 Å². The van der Waals surface area contributed by atoms with Gasteiger partial charge in [-0.05, 0) is 48.9 Å². The molecular weight excluding hydrogens is 335 g/mol. The summed E-state index contributed by atoms with van der Waals surface area (Å²) in [6.07, 6.45) is -0.374. The van der Waals surface area contributed by atoms with E-state index in [0.29, 0.717) is 11.5 Å². The fourth-order valence-electron chi connectivity index (χ4n) is 3.09. The molecule has 1 atom stereocenters. The average molecular weight is 353 g/mol. The maximum Gasteiger partial charge on any atom is 0.416 e. The van der Waals surface area contributed by atoms with Crippen molar-refractivity contribution in [3.8, 4) is 0 Å². The van der Waals surface area contributed by atoms with Crippen molar-refractivity contribution < 1.29 is 18.0 Å². The number of nitrogens with one attached hydrogen (secondary N) is 1. The van der Waals surface area contributed by atoms with E-state index in [1.807, 2.05) is 5.38 Å². The lowest BCUT2D eigenvalue weighted by Crippen LogP contribution is -2.17. The Labute approximate surface area is 142 Å². The minimum absolute atomic E-state index is 0.164. The zero-order valence-electron chi connectivity index (χ0n) is 13.2. The van der Waals surface area contributed by atoms with Gasteiger partial charge in [0.1, 0.15) is 0 Å². The minimum Gasteiger partial charge on any atom is -0.322 e. The SMILES string of the molecule is CCC1CCc2c(C(=O)Nc3cccc(C(F)(F)F)c3)csc2C1. The summed E-state index contributed by atoms with van der Waals surface area (Å²) in [5.74, 6) is 0.331. The lowest BCUT2D eigenvalue weighted by molar-refractivity contribution is -0.137. The molecular formula is C18H18F3NOS. The topological polar surface area (TPSA) is 29.1 Å². The van der Waals surface area contributed by atoms with Crippen molar-refractivity contribution in [2.24, 2.45) is 5.92 Å². The second-order valence-electron chi connectivity index (χ2n) is 6.10. The van der Waals surface area contributed by atoms with Crippen LogP contribution in [-0.2, 0) is 19.0 Å². The quantitative estimate of drug-likeness (QED) is 0.772. The van der Waals surface area contributed by atoms with Crippen molar-refractivity contribution in [2.75, 3.05) is 5.32 Å². The number of benzene rings is 1. The molecule has 0 saturated carbocycles. The molecule has 1 aromatic heterocycles. The molecule has 1 aliphatic carbocycles. The lowest BCUT2D eigenvalue weighted by atomic mass is 9.86. The molecule has 0 radical (unpaired) electrons. The number of fused-ring (bicyclic) bond motifs is 1. The number of halogens is 3. The standard InChI is InChI=1S/C18H18F3NOS/c1-2-11-6-7-14-15(10-24-16(14)8-11)17(23)22-13-5-3-4-12(9-13)18(19,20)21/h3-5,9-11H,2,6-8H2,1H3,(H,22,23). The molecule has 2 nitrogen and oxygen atoms in total. The fraction of sp³-hybridized carbons (Fsp3) is 0.389. The summed E-state index contributed by atoms with van der Waals surface area (Å²) in [4.78, 5) is 13.7. The van der Waals surface area contributed by atoms with Gasteiger partial charge >= 0.3 is 6.18 Å². The van der Waals surface area contributed by atoms with Crippen LogP contribution in [0.2, 0.25) is 0 Å². The first-order valence-electron chi connectivity index (χ1n) is 7.96. The summed E-state index contributed by atoms with van der Waals surface area (Å²) >= 11 is 1.58. The number of rotatable bonds is 3. The fourth-order valence-corrected chi connectivity index (χ4v) is 4.29. The van der Waals surface area contributed by atoms with Crippen molar-refractivity contribution in [1.82, 2.24) is 0 Å². The van der Waals surface area contributed by atoms with Crippen LogP contribution < -0.4 is 5.32 Å². The van der Waals surface area contributed by atoms with Crippen LogP contribution in [0.15, 0.2) is 29.6 Å². The minimum atomic E-state index is -4.42. The van der Waals surface area contributed by atoms with Gasteiger partial charge in [-0.25, -0.2) is 0 Å². The molecule has 1 aliphatic rings. The third-order valence-electron chi connectivity index (χ3n) is 4.53. The number of anilines is 1. The van der Waals surface area contributed by atoms with E-state index in [2.05, 4.69) is 12.2 Å². The Morgan fingerprint density at radius 3 is 2.88 bits per heavy atom. The van der Waals surface area contributed by atoms with E-state index in [1.54, 1.807) is 11.3 Å². The number of alkyl halides is 3. The van der Waals surface area contributed by atoms with E-state index in [0.717, 1.165) is 43.4 Å². The Hall–Kier alpha value is -1.82. The van der Waals surface area contributed by atoms with Crippen LogP contribution in [-0.4, -0.2) is 5.91 Å². The third-order valence-corrected chi connectivity index (χ3v) is 5.58. The molecule has 0 saturated heterocycles. The van der Waals surface area contributed by atoms with Crippen LogP contribution in [0.25, 0.3) is 0 Å². The van der Waals surface area contributed by atoms with Crippen molar-refractivity contribution in [3.05, 3.63) is 51.2 Å². The maximum atomic E-state index is 12.8. The molecule has 1 aromatic carbocycles. The molecule has 1 amide bonds. The first-order valence-corrected chi connectivity index (χ1v) is 8.84. The van der Waals surface area contributed by atoms with Gasteiger partial charge in [-0.1, -0.05) is 19.4 Å². The molecule has 1 unspecified atom stereocenters. The molecule has 0 bridgehead atoms. The third kappa shape index (κ3) is 3.48. The van der Waals surface area contributed by atoms with Crippen LogP contribution in [0.4, 0.5) is 18.9 Å². The number of hydrogen-bond acceptors (Lipinski definition) is 2. The van der Waals surface area contributed by atoms with Gasteiger partial charge in [0.15, 0.2) is 0 Å². The van der Waals surface area contributed by atoms with Gasteiger partial charge in [-0.15, -0.1) is 11.3 Å². The van der Waals surface area contributed by atoms with E-state index in [9.17, 15) is 18.0 Å². The lowest BCUT2D eigenvalue weighted by Gasteiger charge is -2.21. The molecule has 2 aromatic rings. The number of carbonyl (C=O) groups is 1. The molecule has 24 heavy (non-hydrogen) atoms. The highest BCUT2D eigenvalue weighted by Crippen LogP contribution is 2.35. The van der Waals surface area contributed by atoms with Gasteiger partial charge in [0, 0.05) is 15.9 Å². The van der Waals surface area contributed by atoms with Crippen molar-refractivity contribution in [3.63, 3.8) is 0 Å². The Bertz CT molecular complexity index is 751. The highest BCUT2D eigenvalue weighted by Gasteiger charge is 2.30. The first kappa shape index (κ1) is 17.0. The zero-order valence-corrected chi connectivity index (χ0v) is 14.1. The average Bonchev–Trinajstić information content (AvgIpc) is 2.97. The highest BCUT2D eigenvalue weighted by molar-refractivity contribution is 7.10. The maximum absolute atomic E-state index is 12.8. The first-order chi connectivity index (χ1) is 11.4. The monoisotopic (exact) mass is 353 g/mol. The van der Waals surface area contributed by atoms with E-state index in [-0.39, 0.29) is 11.6 Å². The predicted octanol–water partition coefficient (Wildman–Crippen LogP) is 5.53. The van der Waals surface area contributed by atoms with Crippen molar-refractivity contribution >= 4 is 22.9 Å². The summed E-state index contributed by atoms with van der Waals surface area (Å²) in [6.45, 7) is 2.17. The van der Waals surface area contributed by atoms with Gasteiger partial charge in [0.05, 0.1) is 11.1 Å². The summed E-state index contributed by atoms with van der Waals surface area (Å²) in [6, 6.07) is 4.73. The Morgan fingerprint density at radius 2 is 2.17 bits per heavy atom. The normalized spacial score (nSPS) is 17.4. The van der Waals surface area contributed by atoms with Crippen molar-refractivity contribution in [1.29, 1.82) is 0 Å². The number of hydrogen-bond donors (Lipinski definition) is 1. The van der Waals surface area contributed by atoms with Crippen LogP contribution >= 0.6 is 11.3 Å². The predicted molar refractivity (Wildman–Crippen MR) is 89.5 cm³/mol. The molecule has 3 rings (SSSR count). The largest absolute Gasteiger partial charge is 0.416 e. The van der Waals surface area contributed by atoms with E-state index in [1.165, 1.54) is 17.0 Å². The Balaban J connectivity index is 1.78. The van der Waals surface area contributed by atoms with Gasteiger partial charge in [-0.3, -0.25) is 4.79 Å². The van der Waals surface area contributed by atoms with Gasteiger partial charge < -0.3 is 5.32 Å². The zero-order chi connectivity index (χ0) is 17.3. The molecule has 0 fully saturated rings. The molecule has 0 spiro atoms. The van der Waals surface area contributed by atoms with Crippen LogP contribution in [0.1, 0.15) is 46.1 Å². The Kier molecular flexibility index (Phi) is 4.67. The summed E-state index contributed by atoms with van der Waals surface area (Å²) in [5.41, 5.74) is 1.06. The molecule has 6 heteroatoms. The smallest absolute Gasteiger partial charge is 0.322 e. The van der Waals surface area contributed by atoms with Crippen LogP contribution in [0, 0.1) is 5.92 Å². The van der Waals surface area contributed by atoms with Gasteiger partial charge in [0.2, 0.25) is 0 Å². The summed E-state index contributed by atoms with van der Waals surface area (Å²) < 4.78 is 38.3. The molecule has 0 aliphatic heterocycles. The van der Waals surface area contributed by atoms with Crippen LogP contribution in [0.5, 0.6) is 0 Å². The molecule has 128 valence electrons. The highest BCUT2D eigenvalue weighted by atomic mass is 32.1. The van der Waals surface area contributed by atoms with Gasteiger partial charge in [0.25, 0.3) is 5.91 Å². The number of carbonyl (C=O) groups excluding carboxylic acids is 1. The molecule has 1 heterocycles. The second-order valence-corrected chi connectivity index (χ2v) is 7.07. The second kappa shape index (κ2) is 6.59. The Morgan fingerprint density at radius 1 is 1.38 bits per heavy atom.